The van der Waals surface area contributed by atoms with Crippen LogP contribution in [0.5, 0.6) is 0 Å². The summed E-state index contributed by atoms with van der Waals surface area (Å²) in [4.78, 5) is 37.2. The van der Waals surface area contributed by atoms with Gasteiger partial charge in [-0.1, -0.05) is 18.2 Å². The molecule has 2 heterocycles. The average molecular weight is 343 g/mol. The van der Waals surface area contributed by atoms with Crippen LogP contribution < -0.4 is 16.6 Å². The molecule has 0 saturated heterocycles. The molecular formula is C17H17N3O3S. The summed E-state index contributed by atoms with van der Waals surface area (Å²) in [5.74, 6) is -0.305. The first-order valence-corrected chi connectivity index (χ1v) is 8.47. The van der Waals surface area contributed by atoms with Crippen LogP contribution in [0.25, 0.3) is 10.2 Å². The quantitative estimate of drug-likeness (QED) is 0.789. The van der Waals surface area contributed by atoms with Crippen LogP contribution in [0.1, 0.15) is 12.5 Å². The van der Waals surface area contributed by atoms with Crippen LogP contribution in [0.15, 0.2) is 45.3 Å². The van der Waals surface area contributed by atoms with E-state index in [1.54, 1.807) is 18.4 Å². The molecule has 2 aromatic heterocycles. The molecule has 0 radical (unpaired) electrons. The maximum atomic E-state index is 12.5. The van der Waals surface area contributed by atoms with Crippen LogP contribution in [-0.4, -0.2) is 15.0 Å². The van der Waals surface area contributed by atoms with Crippen LogP contribution in [0, 0.1) is 6.92 Å². The second kappa shape index (κ2) is 6.45. The summed E-state index contributed by atoms with van der Waals surface area (Å²) in [7, 11) is 0. The molecule has 3 aromatic rings. The van der Waals surface area contributed by atoms with Crippen LogP contribution in [-0.2, 0) is 17.9 Å². The molecular weight excluding hydrogens is 326 g/mol. The maximum absolute atomic E-state index is 12.5. The summed E-state index contributed by atoms with van der Waals surface area (Å²) in [6, 6.07) is 9.13. The van der Waals surface area contributed by atoms with E-state index in [0.29, 0.717) is 15.9 Å². The molecule has 0 aliphatic carbocycles. The molecule has 3 rings (SSSR count). The molecule has 0 spiro atoms. The van der Waals surface area contributed by atoms with Gasteiger partial charge in [-0.25, -0.2) is 4.79 Å². The van der Waals surface area contributed by atoms with Crippen LogP contribution in [0.3, 0.4) is 0 Å². The number of nitrogens with zero attached hydrogens (tertiary/aromatic N) is 2. The first kappa shape index (κ1) is 16.2. The van der Waals surface area contributed by atoms with E-state index in [0.717, 1.165) is 10.1 Å². The second-order valence-electron chi connectivity index (χ2n) is 5.42. The minimum absolute atomic E-state index is 0.138. The first-order valence-electron chi connectivity index (χ1n) is 7.59. The summed E-state index contributed by atoms with van der Waals surface area (Å²) in [5.41, 5.74) is 1.38. The van der Waals surface area contributed by atoms with Gasteiger partial charge in [0.2, 0.25) is 5.91 Å². The summed E-state index contributed by atoms with van der Waals surface area (Å²) in [6.45, 7) is 3.77. The standard InChI is InChI=1S/C17H17N3O3S/c1-3-19-16(22)15-13(8-9-24-15)20(17(19)23)10-14(21)18-12-7-5-4-6-11(12)2/h4-9H,3,10H2,1-2H3,(H,18,21). The molecule has 0 bridgehead atoms. The highest BCUT2D eigenvalue weighted by molar-refractivity contribution is 7.17. The highest BCUT2D eigenvalue weighted by Crippen LogP contribution is 2.16. The Kier molecular flexibility index (Phi) is 4.35. The van der Waals surface area contributed by atoms with Crippen molar-refractivity contribution in [2.24, 2.45) is 0 Å². The number of nitrogens with one attached hydrogen (secondary N) is 1. The summed E-state index contributed by atoms with van der Waals surface area (Å²) < 4.78 is 2.99. The molecule has 124 valence electrons. The van der Waals surface area contributed by atoms with E-state index in [1.165, 1.54) is 15.9 Å². The number of anilines is 1. The molecule has 0 atom stereocenters. The van der Waals surface area contributed by atoms with Gasteiger partial charge in [-0.2, -0.15) is 0 Å². The average Bonchev–Trinajstić information content (AvgIpc) is 3.04. The Labute approximate surface area is 142 Å². The predicted molar refractivity (Wildman–Crippen MR) is 95.8 cm³/mol. The Morgan fingerprint density at radius 3 is 2.62 bits per heavy atom. The number of thiophene rings is 1. The molecule has 0 fully saturated rings. The lowest BCUT2D eigenvalue weighted by Gasteiger charge is -2.12. The van der Waals surface area contributed by atoms with E-state index >= 15 is 0 Å². The minimum Gasteiger partial charge on any atom is -0.324 e. The molecule has 1 amide bonds. The molecule has 0 aliphatic heterocycles. The van der Waals surface area contributed by atoms with Crippen LogP contribution in [0.2, 0.25) is 0 Å². The van der Waals surface area contributed by atoms with Crippen molar-refractivity contribution in [2.45, 2.75) is 26.9 Å². The Morgan fingerprint density at radius 1 is 1.17 bits per heavy atom. The number of hydrogen-bond acceptors (Lipinski definition) is 4. The molecule has 1 N–H and O–H groups in total. The number of carbonyl (C=O) groups is 1. The number of aryl methyl sites for hydroxylation is 1. The number of hydrogen-bond donors (Lipinski definition) is 1. The molecule has 6 nitrogen and oxygen atoms in total. The smallest absolute Gasteiger partial charge is 0.324 e. The van der Waals surface area contributed by atoms with E-state index in [-0.39, 0.29) is 24.6 Å². The Balaban J connectivity index is 2.00. The SMILES string of the molecule is CCn1c(=O)c2sccc2n(CC(=O)Nc2ccccc2C)c1=O. The number of fused-ring (bicyclic) bond motifs is 1. The van der Waals surface area contributed by atoms with Gasteiger partial charge in [0.25, 0.3) is 5.56 Å². The van der Waals surface area contributed by atoms with Crippen molar-refractivity contribution >= 4 is 33.1 Å². The van der Waals surface area contributed by atoms with Gasteiger partial charge in [0.15, 0.2) is 0 Å². The number of rotatable bonds is 4. The van der Waals surface area contributed by atoms with Crippen molar-refractivity contribution in [1.82, 2.24) is 9.13 Å². The van der Waals surface area contributed by atoms with E-state index in [1.807, 2.05) is 31.2 Å². The van der Waals surface area contributed by atoms with Gasteiger partial charge >= 0.3 is 5.69 Å². The van der Waals surface area contributed by atoms with Crippen LogP contribution in [0.4, 0.5) is 5.69 Å². The topological polar surface area (TPSA) is 73.1 Å². The monoisotopic (exact) mass is 343 g/mol. The second-order valence-corrected chi connectivity index (χ2v) is 6.33. The number of benzene rings is 1. The fourth-order valence-electron chi connectivity index (χ4n) is 2.61. The number of aromatic nitrogens is 2. The molecule has 1 aromatic carbocycles. The number of carbonyl (C=O) groups excluding carboxylic acids is 1. The van der Waals surface area contributed by atoms with E-state index in [4.69, 9.17) is 0 Å². The highest BCUT2D eigenvalue weighted by atomic mass is 32.1. The third-order valence-electron chi connectivity index (χ3n) is 3.87. The van der Waals surface area contributed by atoms with Crippen molar-refractivity contribution in [3.05, 3.63) is 62.1 Å². The zero-order valence-corrected chi connectivity index (χ0v) is 14.2. The van der Waals surface area contributed by atoms with Crippen molar-refractivity contribution in [1.29, 1.82) is 0 Å². The van der Waals surface area contributed by atoms with Gasteiger partial charge < -0.3 is 5.32 Å². The summed E-state index contributed by atoms with van der Waals surface area (Å²) in [5, 5.41) is 4.56. The van der Waals surface area contributed by atoms with E-state index < -0.39 is 5.69 Å². The van der Waals surface area contributed by atoms with Gasteiger partial charge in [-0.05, 0) is 36.9 Å². The van der Waals surface area contributed by atoms with E-state index in [2.05, 4.69) is 5.32 Å². The fraction of sp³-hybridized carbons (Fsp3) is 0.235. The third-order valence-corrected chi connectivity index (χ3v) is 4.77. The van der Waals surface area contributed by atoms with Gasteiger partial charge in [0.1, 0.15) is 11.2 Å². The van der Waals surface area contributed by atoms with E-state index in [9.17, 15) is 14.4 Å². The van der Waals surface area contributed by atoms with Gasteiger partial charge in [0, 0.05) is 12.2 Å². The molecule has 0 unspecified atom stereocenters. The van der Waals surface area contributed by atoms with Crippen molar-refractivity contribution < 1.29 is 4.79 Å². The first-order chi connectivity index (χ1) is 11.5. The predicted octanol–water partition coefficient (Wildman–Crippen LogP) is 2.19. The highest BCUT2D eigenvalue weighted by Gasteiger charge is 2.15. The molecule has 24 heavy (non-hydrogen) atoms. The maximum Gasteiger partial charge on any atom is 0.331 e. The molecule has 7 heteroatoms. The lowest BCUT2D eigenvalue weighted by Crippen LogP contribution is -2.40. The lowest BCUT2D eigenvalue weighted by molar-refractivity contribution is -0.116. The minimum atomic E-state index is -0.465. The molecule has 0 saturated carbocycles. The number of para-hydroxylation sites is 1. The Hall–Kier alpha value is -2.67. The number of amides is 1. The zero-order valence-electron chi connectivity index (χ0n) is 13.4. The Bertz CT molecular complexity index is 1030. The van der Waals surface area contributed by atoms with Crippen molar-refractivity contribution in [2.75, 3.05) is 5.32 Å². The fourth-order valence-corrected chi connectivity index (χ4v) is 3.45. The van der Waals surface area contributed by atoms with Gasteiger partial charge in [0.05, 0.1) is 5.52 Å². The van der Waals surface area contributed by atoms with Gasteiger partial charge in [-0.3, -0.25) is 18.7 Å². The van der Waals surface area contributed by atoms with Crippen molar-refractivity contribution in [3.63, 3.8) is 0 Å². The summed E-state index contributed by atoms with van der Waals surface area (Å²) in [6.07, 6.45) is 0. The Morgan fingerprint density at radius 2 is 1.92 bits per heavy atom. The lowest BCUT2D eigenvalue weighted by atomic mass is 10.2. The third kappa shape index (κ3) is 2.78. The zero-order chi connectivity index (χ0) is 17.3. The van der Waals surface area contributed by atoms with Crippen LogP contribution >= 0.6 is 11.3 Å². The normalized spacial score (nSPS) is 10.9. The summed E-state index contributed by atoms with van der Waals surface area (Å²) >= 11 is 1.28. The van der Waals surface area contributed by atoms with Gasteiger partial charge in [-0.15, -0.1) is 11.3 Å². The van der Waals surface area contributed by atoms with Crippen molar-refractivity contribution in [3.8, 4) is 0 Å². The molecule has 0 aliphatic rings. The largest absolute Gasteiger partial charge is 0.331 e.